The molecule has 2 rings (SSSR count). The fourth-order valence-electron chi connectivity index (χ4n) is 1.69. The van der Waals surface area contributed by atoms with Gasteiger partial charge in [0.25, 0.3) is 0 Å². The molecule has 2 aromatic heterocycles. The third-order valence-electron chi connectivity index (χ3n) is 2.56. The predicted octanol–water partition coefficient (Wildman–Crippen LogP) is 1.93. The van der Waals surface area contributed by atoms with E-state index in [1.165, 1.54) is 0 Å². The maximum atomic E-state index is 4.35. The van der Waals surface area contributed by atoms with Gasteiger partial charge in [0.15, 0.2) is 0 Å². The Morgan fingerprint density at radius 3 is 2.94 bits per heavy atom. The van der Waals surface area contributed by atoms with Crippen molar-refractivity contribution in [2.45, 2.75) is 19.9 Å². The van der Waals surface area contributed by atoms with E-state index in [2.05, 4.69) is 32.8 Å². The highest BCUT2D eigenvalue weighted by molar-refractivity contribution is 5.42. The molecule has 2 aromatic rings. The van der Waals surface area contributed by atoms with Crippen molar-refractivity contribution in [3.05, 3.63) is 42.2 Å². The van der Waals surface area contributed by atoms with E-state index < -0.39 is 0 Å². The molecule has 0 fully saturated rings. The number of aromatic nitrogens is 3. The molecule has 1 N–H and O–H groups in total. The Labute approximate surface area is 95.4 Å². The van der Waals surface area contributed by atoms with Crippen LogP contribution in [0.2, 0.25) is 0 Å². The van der Waals surface area contributed by atoms with Crippen molar-refractivity contribution < 1.29 is 0 Å². The Balaban J connectivity index is 2.20. The Kier molecular flexibility index (Phi) is 3.19. The van der Waals surface area contributed by atoms with Gasteiger partial charge in [0.2, 0.25) is 0 Å². The molecule has 84 valence electrons. The molecule has 0 amide bonds. The van der Waals surface area contributed by atoms with Crippen LogP contribution in [0.4, 0.5) is 5.69 Å². The molecule has 0 unspecified atom stereocenters. The number of hydrogen-bond donors (Lipinski definition) is 1. The minimum atomic E-state index is 0.776. The number of rotatable bonds is 4. The number of aryl methyl sites for hydroxylation is 1. The lowest BCUT2D eigenvalue weighted by molar-refractivity contribution is 0.717. The maximum absolute atomic E-state index is 4.35. The van der Waals surface area contributed by atoms with Crippen LogP contribution in [0.5, 0.6) is 0 Å². The van der Waals surface area contributed by atoms with Crippen molar-refractivity contribution >= 4 is 5.69 Å². The SMILES string of the molecule is CCc1nccn1Cc1cc(NC)ccn1. The first-order valence-electron chi connectivity index (χ1n) is 5.46. The van der Waals surface area contributed by atoms with Gasteiger partial charge in [-0.3, -0.25) is 4.98 Å². The lowest BCUT2D eigenvalue weighted by Gasteiger charge is -2.07. The van der Waals surface area contributed by atoms with Crippen molar-refractivity contribution in [2.24, 2.45) is 0 Å². The zero-order valence-electron chi connectivity index (χ0n) is 9.64. The van der Waals surface area contributed by atoms with Gasteiger partial charge in [-0.15, -0.1) is 0 Å². The monoisotopic (exact) mass is 216 g/mol. The van der Waals surface area contributed by atoms with Crippen molar-refractivity contribution in [3.8, 4) is 0 Å². The summed E-state index contributed by atoms with van der Waals surface area (Å²) < 4.78 is 2.13. The average molecular weight is 216 g/mol. The van der Waals surface area contributed by atoms with Crippen molar-refractivity contribution in [1.29, 1.82) is 0 Å². The van der Waals surface area contributed by atoms with Crippen molar-refractivity contribution in [2.75, 3.05) is 12.4 Å². The van der Waals surface area contributed by atoms with Gasteiger partial charge >= 0.3 is 0 Å². The Hall–Kier alpha value is -1.84. The third kappa shape index (κ3) is 2.21. The molecule has 0 aliphatic rings. The highest BCUT2D eigenvalue weighted by Crippen LogP contribution is 2.09. The number of nitrogens with zero attached hydrogens (tertiary/aromatic N) is 3. The summed E-state index contributed by atoms with van der Waals surface area (Å²) in [5.41, 5.74) is 2.13. The summed E-state index contributed by atoms with van der Waals surface area (Å²) in [7, 11) is 1.91. The minimum Gasteiger partial charge on any atom is -0.388 e. The van der Waals surface area contributed by atoms with Crippen LogP contribution in [-0.2, 0) is 13.0 Å². The topological polar surface area (TPSA) is 42.7 Å². The lowest BCUT2D eigenvalue weighted by Crippen LogP contribution is -2.05. The van der Waals surface area contributed by atoms with E-state index >= 15 is 0 Å². The predicted molar refractivity (Wildman–Crippen MR) is 64.5 cm³/mol. The zero-order chi connectivity index (χ0) is 11.4. The smallest absolute Gasteiger partial charge is 0.108 e. The van der Waals surface area contributed by atoms with Crippen LogP contribution < -0.4 is 5.32 Å². The largest absolute Gasteiger partial charge is 0.388 e. The van der Waals surface area contributed by atoms with Crippen LogP contribution in [0.15, 0.2) is 30.7 Å². The first-order valence-corrected chi connectivity index (χ1v) is 5.46. The molecule has 0 aliphatic heterocycles. The number of anilines is 1. The van der Waals surface area contributed by atoms with Crippen molar-refractivity contribution in [1.82, 2.24) is 14.5 Å². The Bertz CT molecular complexity index is 462. The number of nitrogens with one attached hydrogen (secondary N) is 1. The molecule has 0 aromatic carbocycles. The van der Waals surface area contributed by atoms with E-state index in [1.54, 1.807) is 0 Å². The molecule has 0 radical (unpaired) electrons. The standard InChI is InChI=1S/C12H16N4/c1-3-12-15-6-7-16(12)9-11-8-10(13-2)4-5-14-11/h4-8H,3,9H2,1-2H3,(H,13,14). The summed E-state index contributed by atoms with van der Waals surface area (Å²) in [6, 6.07) is 4.01. The van der Waals surface area contributed by atoms with Gasteiger partial charge < -0.3 is 9.88 Å². The highest BCUT2D eigenvalue weighted by atomic mass is 15.1. The summed E-state index contributed by atoms with van der Waals surface area (Å²) in [6.45, 7) is 2.88. The lowest BCUT2D eigenvalue weighted by atomic mass is 10.3. The van der Waals surface area contributed by atoms with E-state index in [1.807, 2.05) is 31.7 Å². The summed E-state index contributed by atoms with van der Waals surface area (Å²) >= 11 is 0. The Morgan fingerprint density at radius 2 is 2.19 bits per heavy atom. The van der Waals surface area contributed by atoms with Crippen LogP contribution in [0.25, 0.3) is 0 Å². The molecule has 2 heterocycles. The average Bonchev–Trinajstić information content (AvgIpc) is 2.76. The fraction of sp³-hybridized carbons (Fsp3) is 0.333. The van der Waals surface area contributed by atoms with Crippen LogP contribution in [0.3, 0.4) is 0 Å². The molecule has 0 atom stereocenters. The molecule has 0 aliphatic carbocycles. The van der Waals surface area contributed by atoms with Crippen LogP contribution >= 0.6 is 0 Å². The van der Waals surface area contributed by atoms with Crippen molar-refractivity contribution in [3.63, 3.8) is 0 Å². The highest BCUT2D eigenvalue weighted by Gasteiger charge is 2.02. The summed E-state index contributed by atoms with van der Waals surface area (Å²) in [5.74, 6) is 1.09. The second kappa shape index (κ2) is 4.79. The molecule has 16 heavy (non-hydrogen) atoms. The molecular weight excluding hydrogens is 200 g/mol. The second-order valence-corrected chi connectivity index (χ2v) is 3.61. The van der Waals surface area contributed by atoms with Crippen LogP contribution in [0.1, 0.15) is 18.4 Å². The van der Waals surface area contributed by atoms with E-state index in [4.69, 9.17) is 0 Å². The summed E-state index contributed by atoms with van der Waals surface area (Å²) in [5, 5.41) is 3.11. The normalized spacial score (nSPS) is 10.4. The van der Waals surface area contributed by atoms with Crippen LogP contribution in [0, 0.1) is 0 Å². The quantitative estimate of drug-likeness (QED) is 0.849. The zero-order valence-corrected chi connectivity index (χ0v) is 9.64. The Morgan fingerprint density at radius 1 is 1.31 bits per heavy atom. The summed E-state index contributed by atoms with van der Waals surface area (Å²) in [6.07, 6.45) is 6.59. The first-order chi connectivity index (χ1) is 7.83. The molecule has 0 saturated heterocycles. The number of hydrogen-bond acceptors (Lipinski definition) is 3. The van der Waals surface area contributed by atoms with E-state index in [-0.39, 0.29) is 0 Å². The van der Waals surface area contributed by atoms with Gasteiger partial charge in [-0.05, 0) is 12.1 Å². The second-order valence-electron chi connectivity index (χ2n) is 3.61. The fourth-order valence-corrected chi connectivity index (χ4v) is 1.69. The third-order valence-corrected chi connectivity index (χ3v) is 2.56. The van der Waals surface area contributed by atoms with Gasteiger partial charge in [0.1, 0.15) is 5.82 Å². The van der Waals surface area contributed by atoms with Gasteiger partial charge in [0, 0.05) is 37.7 Å². The molecule has 0 spiro atoms. The molecule has 0 bridgehead atoms. The molecule has 4 nitrogen and oxygen atoms in total. The summed E-state index contributed by atoms with van der Waals surface area (Å²) in [4.78, 5) is 8.64. The van der Waals surface area contributed by atoms with Crippen LogP contribution in [-0.4, -0.2) is 21.6 Å². The minimum absolute atomic E-state index is 0.776. The van der Waals surface area contributed by atoms with Gasteiger partial charge in [-0.1, -0.05) is 6.92 Å². The number of pyridine rings is 1. The van der Waals surface area contributed by atoms with E-state index in [0.717, 1.165) is 30.2 Å². The first kappa shape index (κ1) is 10.7. The maximum Gasteiger partial charge on any atom is 0.108 e. The van der Waals surface area contributed by atoms with Gasteiger partial charge in [-0.25, -0.2) is 4.98 Å². The molecule has 4 heteroatoms. The van der Waals surface area contributed by atoms with E-state index in [9.17, 15) is 0 Å². The molecular formula is C12H16N4. The number of imidazole rings is 1. The van der Waals surface area contributed by atoms with E-state index in [0.29, 0.717) is 0 Å². The molecule has 0 saturated carbocycles. The van der Waals surface area contributed by atoms with Gasteiger partial charge in [-0.2, -0.15) is 0 Å². The van der Waals surface area contributed by atoms with Gasteiger partial charge in [0.05, 0.1) is 12.2 Å².